The van der Waals surface area contributed by atoms with E-state index in [0.717, 1.165) is 12.5 Å². The summed E-state index contributed by atoms with van der Waals surface area (Å²) >= 11 is 0. The van der Waals surface area contributed by atoms with Crippen LogP contribution in [0.15, 0.2) is 18.2 Å². The monoisotopic (exact) mass is 348 g/mol. The first-order chi connectivity index (χ1) is 11.6. The van der Waals surface area contributed by atoms with Gasteiger partial charge in [-0.15, -0.1) is 0 Å². The Labute approximate surface area is 142 Å². The molecule has 0 bridgehead atoms. The lowest BCUT2D eigenvalue weighted by molar-refractivity contribution is -0.154. The molecule has 0 atom stereocenters. The van der Waals surface area contributed by atoms with Crippen molar-refractivity contribution in [1.82, 2.24) is 0 Å². The van der Waals surface area contributed by atoms with Gasteiger partial charge in [-0.05, 0) is 24.6 Å². The number of amides is 2. The molecule has 0 aromatic heterocycles. The highest BCUT2D eigenvalue weighted by molar-refractivity contribution is 6.14. The Balaban J connectivity index is 2.32. The zero-order chi connectivity index (χ0) is 18.8. The normalized spacial score (nSPS) is 12.9. The first kappa shape index (κ1) is 18.1. The SMILES string of the molecule is CC(=O)C(CC(=O)O)(CC(=O)O)C(=O)Nc1ccc2c(c1)NC(=O)C2. The topological polar surface area (TPSA) is 150 Å². The second-order valence-corrected chi connectivity index (χ2v) is 5.83. The third kappa shape index (κ3) is 3.82. The van der Waals surface area contributed by atoms with E-state index in [-0.39, 0.29) is 18.0 Å². The minimum atomic E-state index is -2.22. The Morgan fingerprint density at radius 3 is 2.28 bits per heavy atom. The van der Waals surface area contributed by atoms with Gasteiger partial charge in [-0.3, -0.25) is 24.0 Å². The fourth-order valence-corrected chi connectivity index (χ4v) is 2.69. The summed E-state index contributed by atoms with van der Waals surface area (Å²) in [5, 5.41) is 23.0. The minimum Gasteiger partial charge on any atom is -0.481 e. The van der Waals surface area contributed by atoms with Crippen LogP contribution in [0.3, 0.4) is 0 Å². The Kier molecular flexibility index (Phi) is 4.87. The highest BCUT2D eigenvalue weighted by atomic mass is 16.4. The number of carbonyl (C=O) groups is 5. The van der Waals surface area contributed by atoms with E-state index < -0.39 is 41.9 Å². The Hall–Kier alpha value is -3.23. The molecule has 2 rings (SSSR count). The molecule has 0 radical (unpaired) electrons. The number of ketones is 1. The van der Waals surface area contributed by atoms with E-state index in [4.69, 9.17) is 10.2 Å². The molecule has 9 heteroatoms. The summed E-state index contributed by atoms with van der Waals surface area (Å²) in [4.78, 5) is 58.0. The number of hydrogen-bond donors (Lipinski definition) is 4. The largest absolute Gasteiger partial charge is 0.481 e. The molecule has 1 heterocycles. The number of fused-ring (bicyclic) bond motifs is 1. The van der Waals surface area contributed by atoms with Gasteiger partial charge in [-0.25, -0.2) is 0 Å². The van der Waals surface area contributed by atoms with Crippen molar-refractivity contribution in [1.29, 1.82) is 0 Å². The van der Waals surface area contributed by atoms with E-state index in [1.54, 1.807) is 6.07 Å². The lowest BCUT2D eigenvalue weighted by atomic mass is 9.76. The molecule has 0 spiro atoms. The number of nitrogens with one attached hydrogen (secondary N) is 2. The summed E-state index contributed by atoms with van der Waals surface area (Å²) in [6, 6.07) is 4.56. The minimum absolute atomic E-state index is 0.201. The third-order valence-corrected chi connectivity index (χ3v) is 4.01. The number of rotatable bonds is 7. The fourth-order valence-electron chi connectivity index (χ4n) is 2.69. The van der Waals surface area contributed by atoms with Gasteiger partial charge in [0.15, 0.2) is 0 Å². The summed E-state index contributed by atoms with van der Waals surface area (Å²) < 4.78 is 0. The zero-order valence-electron chi connectivity index (χ0n) is 13.3. The molecule has 0 saturated carbocycles. The van der Waals surface area contributed by atoms with Crippen molar-refractivity contribution < 1.29 is 34.2 Å². The van der Waals surface area contributed by atoms with Gasteiger partial charge in [0.1, 0.15) is 11.2 Å². The first-order valence-corrected chi connectivity index (χ1v) is 7.33. The Bertz CT molecular complexity index is 769. The molecule has 2 amide bonds. The molecule has 1 aromatic rings. The second-order valence-electron chi connectivity index (χ2n) is 5.83. The predicted octanol–water partition coefficient (Wildman–Crippen LogP) is 0.644. The van der Waals surface area contributed by atoms with Crippen LogP contribution in [0.1, 0.15) is 25.3 Å². The first-order valence-electron chi connectivity index (χ1n) is 7.33. The number of anilines is 2. The lowest BCUT2D eigenvalue weighted by Gasteiger charge is -2.26. The maximum Gasteiger partial charge on any atom is 0.304 e. The number of aliphatic carboxylic acids is 2. The number of carboxylic acid groups (broad SMARTS) is 2. The van der Waals surface area contributed by atoms with Gasteiger partial charge >= 0.3 is 11.9 Å². The molecule has 0 fully saturated rings. The van der Waals surface area contributed by atoms with E-state index in [1.165, 1.54) is 12.1 Å². The van der Waals surface area contributed by atoms with Crippen molar-refractivity contribution >= 4 is 40.9 Å². The molecule has 4 N–H and O–H groups in total. The van der Waals surface area contributed by atoms with Crippen LogP contribution in [0.5, 0.6) is 0 Å². The summed E-state index contributed by atoms with van der Waals surface area (Å²) in [5.41, 5.74) is -0.781. The molecule has 0 saturated heterocycles. The van der Waals surface area contributed by atoms with Crippen molar-refractivity contribution in [2.45, 2.75) is 26.2 Å². The van der Waals surface area contributed by atoms with Crippen molar-refractivity contribution in [2.75, 3.05) is 10.6 Å². The number of Topliss-reactive ketones (excluding diaryl/α,β-unsaturated/α-hetero) is 1. The van der Waals surface area contributed by atoms with Crippen LogP contribution in [0.25, 0.3) is 0 Å². The van der Waals surface area contributed by atoms with Gasteiger partial charge in [-0.1, -0.05) is 6.07 Å². The number of carbonyl (C=O) groups excluding carboxylic acids is 3. The third-order valence-electron chi connectivity index (χ3n) is 4.01. The molecule has 132 valence electrons. The molecular weight excluding hydrogens is 332 g/mol. The van der Waals surface area contributed by atoms with E-state index in [0.29, 0.717) is 5.69 Å². The van der Waals surface area contributed by atoms with E-state index >= 15 is 0 Å². The van der Waals surface area contributed by atoms with E-state index in [1.807, 2.05) is 0 Å². The summed E-state index contributed by atoms with van der Waals surface area (Å²) in [7, 11) is 0. The quantitative estimate of drug-likeness (QED) is 0.528. The van der Waals surface area contributed by atoms with Crippen LogP contribution in [-0.4, -0.2) is 39.7 Å². The average molecular weight is 348 g/mol. The van der Waals surface area contributed by atoms with Crippen LogP contribution in [0, 0.1) is 5.41 Å². The zero-order valence-corrected chi connectivity index (χ0v) is 13.3. The van der Waals surface area contributed by atoms with Crippen LogP contribution in [0.4, 0.5) is 11.4 Å². The van der Waals surface area contributed by atoms with Gasteiger partial charge in [0.2, 0.25) is 11.8 Å². The maximum absolute atomic E-state index is 12.6. The van der Waals surface area contributed by atoms with Gasteiger partial charge in [0, 0.05) is 11.4 Å². The number of carboxylic acids is 2. The van der Waals surface area contributed by atoms with E-state index in [9.17, 15) is 24.0 Å². The smallest absolute Gasteiger partial charge is 0.304 e. The predicted molar refractivity (Wildman–Crippen MR) is 85.0 cm³/mol. The van der Waals surface area contributed by atoms with Gasteiger partial charge in [0.05, 0.1) is 19.3 Å². The fraction of sp³-hybridized carbons (Fsp3) is 0.312. The van der Waals surface area contributed by atoms with Crippen molar-refractivity contribution in [2.24, 2.45) is 5.41 Å². The van der Waals surface area contributed by atoms with Crippen LogP contribution in [-0.2, 0) is 30.4 Å². The molecule has 1 aliphatic rings. The molecule has 1 aromatic carbocycles. The summed E-state index contributed by atoms with van der Waals surface area (Å²) in [6.07, 6.45) is -1.68. The van der Waals surface area contributed by atoms with Gasteiger partial charge in [0.25, 0.3) is 0 Å². The standard InChI is InChI=1S/C16H16N2O7/c1-8(19)16(6-13(21)22,7-14(23)24)15(25)17-10-3-2-9-4-12(20)18-11(9)5-10/h2-3,5H,4,6-7H2,1H3,(H,17,25)(H,18,20)(H,21,22)(H,23,24). The summed E-state index contributed by atoms with van der Waals surface area (Å²) in [5.74, 6) is -5.01. The van der Waals surface area contributed by atoms with Crippen LogP contribution in [0.2, 0.25) is 0 Å². The molecule has 1 aliphatic heterocycles. The van der Waals surface area contributed by atoms with Gasteiger partial charge in [-0.2, -0.15) is 0 Å². The second kappa shape index (κ2) is 6.71. The molecule has 0 unspecified atom stereocenters. The van der Waals surface area contributed by atoms with E-state index in [2.05, 4.69) is 10.6 Å². The molecular formula is C16H16N2O7. The van der Waals surface area contributed by atoms with Crippen molar-refractivity contribution in [3.05, 3.63) is 23.8 Å². The Morgan fingerprint density at radius 1 is 1.16 bits per heavy atom. The maximum atomic E-state index is 12.6. The average Bonchev–Trinajstić information content (AvgIpc) is 2.84. The highest BCUT2D eigenvalue weighted by Gasteiger charge is 2.47. The molecule has 0 aliphatic carbocycles. The number of hydrogen-bond acceptors (Lipinski definition) is 5. The van der Waals surface area contributed by atoms with Gasteiger partial charge < -0.3 is 20.8 Å². The summed E-state index contributed by atoms with van der Waals surface area (Å²) in [6.45, 7) is 0.981. The Morgan fingerprint density at radius 2 is 1.76 bits per heavy atom. The van der Waals surface area contributed by atoms with Crippen molar-refractivity contribution in [3.8, 4) is 0 Å². The molecule has 25 heavy (non-hydrogen) atoms. The van der Waals surface area contributed by atoms with Crippen molar-refractivity contribution in [3.63, 3.8) is 0 Å². The van der Waals surface area contributed by atoms with Crippen LogP contribution < -0.4 is 10.6 Å². The highest BCUT2D eigenvalue weighted by Crippen LogP contribution is 2.32. The molecule has 9 nitrogen and oxygen atoms in total. The van der Waals surface area contributed by atoms with Crippen LogP contribution >= 0.6 is 0 Å². The number of benzene rings is 1. The lowest BCUT2D eigenvalue weighted by Crippen LogP contribution is -2.45.